The summed E-state index contributed by atoms with van der Waals surface area (Å²) in [6, 6.07) is 8.41. The Balaban J connectivity index is 1.35. The number of aryl methyl sites for hydroxylation is 1. The predicted octanol–water partition coefficient (Wildman–Crippen LogP) is 3.14. The number of carbonyl (C=O) groups excluding carboxylic acids is 1. The van der Waals surface area contributed by atoms with Crippen molar-refractivity contribution in [1.29, 1.82) is 0 Å². The van der Waals surface area contributed by atoms with E-state index >= 15 is 0 Å². The number of para-hydroxylation sites is 1. The molecule has 6 nitrogen and oxygen atoms in total. The van der Waals surface area contributed by atoms with Crippen LogP contribution in [0.15, 0.2) is 35.1 Å². The topological polar surface area (TPSA) is 64.8 Å². The van der Waals surface area contributed by atoms with Gasteiger partial charge in [-0.25, -0.2) is 9.78 Å². The van der Waals surface area contributed by atoms with Crippen LogP contribution in [0.3, 0.4) is 0 Å². The van der Waals surface area contributed by atoms with E-state index in [4.69, 9.17) is 13.9 Å². The van der Waals surface area contributed by atoms with Crippen LogP contribution in [0.2, 0.25) is 0 Å². The third-order valence-electron chi connectivity index (χ3n) is 4.81. The Kier molecular flexibility index (Phi) is 4.70. The predicted molar refractivity (Wildman–Crippen MR) is 91.7 cm³/mol. The summed E-state index contributed by atoms with van der Waals surface area (Å²) < 4.78 is 16.4. The summed E-state index contributed by atoms with van der Waals surface area (Å²) in [5.41, 5.74) is 2.84. The van der Waals surface area contributed by atoms with Crippen LogP contribution in [-0.4, -0.2) is 37.3 Å². The second-order valence-electron chi connectivity index (χ2n) is 6.42. The first-order chi connectivity index (χ1) is 12.3. The van der Waals surface area contributed by atoms with Gasteiger partial charge in [0.15, 0.2) is 17.8 Å². The normalized spacial score (nSPS) is 19.7. The fourth-order valence-electron chi connectivity index (χ4n) is 3.58. The van der Waals surface area contributed by atoms with E-state index in [9.17, 15) is 4.79 Å². The average Bonchev–Trinajstić information content (AvgIpc) is 3.33. The van der Waals surface area contributed by atoms with E-state index < -0.39 is 5.97 Å². The van der Waals surface area contributed by atoms with Crippen molar-refractivity contribution < 1.29 is 18.7 Å². The molecule has 2 aliphatic heterocycles. The molecule has 0 spiro atoms. The number of hydrogen-bond acceptors (Lipinski definition) is 6. The van der Waals surface area contributed by atoms with Crippen LogP contribution in [0.4, 0.5) is 5.69 Å². The van der Waals surface area contributed by atoms with Gasteiger partial charge in [0, 0.05) is 18.8 Å². The molecule has 0 radical (unpaired) electrons. The molecule has 6 heteroatoms. The van der Waals surface area contributed by atoms with E-state index in [1.165, 1.54) is 17.6 Å². The van der Waals surface area contributed by atoms with Gasteiger partial charge in [-0.2, -0.15) is 0 Å². The quantitative estimate of drug-likeness (QED) is 0.778. The smallest absolute Gasteiger partial charge is 0.360 e. The van der Waals surface area contributed by atoms with Gasteiger partial charge < -0.3 is 18.8 Å². The number of hydrogen-bond donors (Lipinski definition) is 0. The SMILES string of the molecule is O=C(OCCN1CCCc2ccccc21)c1ncoc1[C@@H]1CCCO1. The monoisotopic (exact) mass is 342 g/mol. The summed E-state index contributed by atoms with van der Waals surface area (Å²) in [6.07, 6.45) is 5.15. The van der Waals surface area contributed by atoms with Gasteiger partial charge in [0.1, 0.15) is 12.7 Å². The number of aromatic nitrogens is 1. The molecule has 2 aliphatic rings. The molecule has 0 amide bonds. The van der Waals surface area contributed by atoms with Gasteiger partial charge in [-0.15, -0.1) is 0 Å². The first-order valence-electron chi connectivity index (χ1n) is 8.88. The van der Waals surface area contributed by atoms with E-state index in [-0.39, 0.29) is 11.8 Å². The standard InChI is InChI=1S/C19H22N2O4/c22-19(17-18(25-13-20-17)16-8-4-11-23-16)24-12-10-21-9-3-6-14-5-1-2-7-15(14)21/h1-2,5,7,13,16H,3-4,6,8-12H2/t16-/m0/s1. The van der Waals surface area contributed by atoms with Gasteiger partial charge in [-0.05, 0) is 37.3 Å². The Morgan fingerprint density at radius 2 is 2.24 bits per heavy atom. The summed E-state index contributed by atoms with van der Waals surface area (Å²) in [5.74, 6) is 0.0513. The van der Waals surface area contributed by atoms with Crippen LogP contribution in [0, 0.1) is 0 Å². The van der Waals surface area contributed by atoms with Crippen molar-refractivity contribution in [3.63, 3.8) is 0 Å². The fourth-order valence-corrected chi connectivity index (χ4v) is 3.58. The zero-order chi connectivity index (χ0) is 17.1. The van der Waals surface area contributed by atoms with E-state index in [0.29, 0.717) is 25.5 Å². The Bertz CT molecular complexity index is 737. The summed E-state index contributed by atoms with van der Waals surface area (Å²) in [4.78, 5) is 18.7. The van der Waals surface area contributed by atoms with Crippen molar-refractivity contribution in [2.24, 2.45) is 0 Å². The highest BCUT2D eigenvalue weighted by Gasteiger charge is 2.29. The van der Waals surface area contributed by atoms with Crippen molar-refractivity contribution in [3.8, 4) is 0 Å². The molecule has 1 atom stereocenters. The van der Waals surface area contributed by atoms with Crippen molar-refractivity contribution in [2.75, 3.05) is 31.2 Å². The summed E-state index contributed by atoms with van der Waals surface area (Å²) >= 11 is 0. The van der Waals surface area contributed by atoms with E-state index in [2.05, 4.69) is 28.1 Å². The van der Waals surface area contributed by atoms with Crippen molar-refractivity contribution >= 4 is 11.7 Å². The number of ether oxygens (including phenoxy) is 2. The van der Waals surface area contributed by atoms with Crippen molar-refractivity contribution in [1.82, 2.24) is 4.98 Å². The molecular formula is C19H22N2O4. The molecule has 1 saturated heterocycles. The van der Waals surface area contributed by atoms with E-state index in [1.807, 2.05) is 6.07 Å². The Hall–Kier alpha value is -2.34. The third-order valence-corrected chi connectivity index (χ3v) is 4.81. The number of anilines is 1. The number of oxazole rings is 1. The number of carbonyl (C=O) groups is 1. The first kappa shape index (κ1) is 16.1. The summed E-state index contributed by atoms with van der Waals surface area (Å²) in [6.45, 7) is 2.68. The fraction of sp³-hybridized carbons (Fsp3) is 0.474. The second kappa shape index (κ2) is 7.27. The molecule has 4 rings (SSSR count). The molecule has 1 fully saturated rings. The van der Waals surface area contributed by atoms with E-state index in [1.54, 1.807) is 0 Å². The third kappa shape index (κ3) is 3.39. The second-order valence-corrected chi connectivity index (χ2v) is 6.42. The van der Waals surface area contributed by atoms with Gasteiger partial charge in [0.2, 0.25) is 0 Å². The number of fused-ring (bicyclic) bond motifs is 1. The zero-order valence-electron chi connectivity index (χ0n) is 14.1. The number of nitrogens with zero attached hydrogens (tertiary/aromatic N) is 2. The molecule has 2 aromatic rings. The maximum absolute atomic E-state index is 12.4. The number of rotatable bonds is 5. The molecule has 1 aromatic carbocycles. The largest absolute Gasteiger partial charge is 0.459 e. The molecule has 25 heavy (non-hydrogen) atoms. The highest BCUT2D eigenvalue weighted by atomic mass is 16.5. The minimum Gasteiger partial charge on any atom is -0.459 e. The van der Waals surface area contributed by atoms with E-state index in [0.717, 1.165) is 32.2 Å². The number of benzene rings is 1. The average molecular weight is 342 g/mol. The molecule has 1 aromatic heterocycles. The van der Waals surface area contributed by atoms with Crippen LogP contribution >= 0.6 is 0 Å². The van der Waals surface area contributed by atoms with Crippen LogP contribution in [-0.2, 0) is 15.9 Å². The molecule has 0 bridgehead atoms. The molecule has 0 aliphatic carbocycles. The lowest BCUT2D eigenvalue weighted by molar-refractivity contribution is 0.0487. The molecule has 0 N–H and O–H groups in total. The Labute approximate surface area is 146 Å². The lowest BCUT2D eigenvalue weighted by atomic mass is 10.0. The van der Waals surface area contributed by atoms with Crippen molar-refractivity contribution in [3.05, 3.63) is 47.7 Å². The lowest BCUT2D eigenvalue weighted by Gasteiger charge is -2.31. The molecular weight excluding hydrogens is 320 g/mol. The van der Waals surface area contributed by atoms with Gasteiger partial charge in [0.25, 0.3) is 0 Å². The maximum Gasteiger partial charge on any atom is 0.360 e. The maximum atomic E-state index is 12.4. The van der Waals surface area contributed by atoms with Gasteiger partial charge in [-0.1, -0.05) is 18.2 Å². The highest BCUT2D eigenvalue weighted by Crippen LogP contribution is 2.31. The molecule has 0 saturated carbocycles. The van der Waals surface area contributed by atoms with Crippen LogP contribution in [0.25, 0.3) is 0 Å². The summed E-state index contributed by atoms with van der Waals surface area (Å²) in [5, 5.41) is 0. The Morgan fingerprint density at radius 1 is 1.32 bits per heavy atom. The minimum absolute atomic E-state index is 0.181. The van der Waals surface area contributed by atoms with Gasteiger partial charge in [-0.3, -0.25) is 0 Å². The molecule has 3 heterocycles. The van der Waals surface area contributed by atoms with Gasteiger partial charge >= 0.3 is 5.97 Å². The summed E-state index contributed by atoms with van der Waals surface area (Å²) in [7, 11) is 0. The number of esters is 1. The minimum atomic E-state index is -0.440. The molecule has 0 unspecified atom stereocenters. The van der Waals surface area contributed by atoms with Crippen molar-refractivity contribution in [2.45, 2.75) is 31.8 Å². The lowest BCUT2D eigenvalue weighted by Crippen LogP contribution is -2.33. The van der Waals surface area contributed by atoms with Crippen LogP contribution < -0.4 is 4.90 Å². The van der Waals surface area contributed by atoms with Gasteiger partial charge in [0.05, 0.1) is 6.54 Å². The van der Waals surface area contributed by atoms with Crippen LogP contribution in [0.1, 0.15) is 47.2 Å². The highest BCUT2D eigenvalue weighted by molar-refractivity contribution is 5.88. The molecule has 132 valence electrons. The zero-order valence-corrected chi connectivity index (χ0v) is 14.1. The van der Waals surface area contributed by atoms with Crippen LogP contribution in [0.5, 0.6) is 0 Å². The Morgan fingerprint density at radius 3 is 3.12 bits per heavy atom. The first-order valence-corrected chi connectivity index (χ1v) is 8.88.